The molecule has 2 aliphatic rings. The van der Waals surface area contributed by atoms with Crippen molar-refractivity contribution in [3.63, 3.8) is 0 Å². The largest absolute Gasteiger partial charge is 0.394 e. The molecule has 0 aromatic carbocycles. The Morgan fingerprint density at radius 3 is 2.19 bits per heavy atom. The highest BCUT2D eigenvalue weighted by Gasteiger charge is 2.50. The highest BCUT2D eigenvalue weighted by atomic mass is 28.3. The second kappa shape index (κ2) is 11.0. The van der Waals surface area contributed by atoms with Gasteiger partial charge in [0.05, 0.1) is 12.7 Å². The second-order valence-corrected chi connectivity index (χ2v) is 15.0. The van der Waals surface area contributed by atoms with Crippen LogP contribution in [0, 0.1) is 0 Å². The van der Waals surface area contributed by atoms with Crippen molar-refractivity contribution in [2.24, 2.45) is 0 Å². The second-order valence-electron chi connectivity index (χ2n) is 9.41. The van der Waals surface area contributed by atoms with Crippen molar-refractivity contribution in [1.29, 1.82) is 0 Å². The predicted molar refractivity (Wildman–Crippen MR) is 111 cm³/mol. The molecule has 0 aromatic rings. The number of rotatable bonds is 8. The Hall–Kier alpha value is -0.673. The van der Waals surface area contributed by atoms with Crippen LogP contribution in [0.15, 0.2) is 0 Å². The summed E-state index contributed by atoms with van der Waals surface area (Å²) in [5.41, 5.74) is 0. The first kappa shape index (κ1) is 26.6. The molecular weight excluding hydrogens is 430 g/mol. The Labute approximate surface area is 183 Å². The lowest BCUT2D eigenvalue weighted by Gasteiger charge is -2.47. The summed E-state index contributed by atoms with van der Waals surface area (Å²) in [6.07, 6.45) is -11.3. The molecule has 10 atom stereocenters. The number of hydrogen-bond acceptors (Lipinski definition) is 10. The normalized spacial score (nSPS) is 41.7. The lowest BCUT2D eigenvalue weighted by atomic mass is 9.95. The van der Waals surface area contributed by atoms with Gasteiger partial charge in [-0.1, -0.05) is 19.6 Å². The standard InChI is InChI=1S/C19H37NO10Si/c1-9-13(23)15(25)16(26)19(28-9)30-17-11(8-21)29-18(27-6-7-31(3,4)5)12(14(17)24)20-10(2)22/h9,11-19,21,23-26H,6-8H2,1-5H3,(H,20,22)/t9-,11+,12+,13+,14+,15+,16-,17+,18+,19-/m0/s1. The Bertz CT molecular complexity index is 591. The molecular formula is C19H37NO10Si. The van der Waals surface area contributed by atoms with Crippen LogP contribution >= 0.6 is 0 Å². The molecule has 0 aromatic heterocycles. The van der Waals surface area contributed by atoms with Gasteiger partial charge >= 0.3 is 0 Å². The van der Waals surface area contributed by atoms with Crippen LogP contribution in [-0.2, 0) is 23.7 Å². The van der Waals surface area contributed by atoms with Crippen LogP contribution in [0.1, 0.15) is 13.8 Å². The minimum atomic E-state index is -1.59. The fourth-order valence-corrected chi connectivity index (χ4v) is 4.26. The van der Waals surface area contributed by atoms with Crippen molar-refractivity contribution < 1.29 is 49.3 Å². The van der Waals surface area contributed by atoms with E-state index >= 15 is 0 Å². The van der Waals surface area contributed by atoms with Gasteiger partial charge in [0.25, 0.3) is 0 Å². The molecule has 182 valence electrons. The fourth-order valence-electron chi connectivity index (χ4n) is 3.53. The molecule has 6 N–H and O–H groups in total. The van der Waals surface area contributed by atoms with Crippen LogP contribution < -0.4 is 5.32 Å². The molecule has 2 fully saturated rings. The quantitative estimate of drug-likeness (QED) is 0.223. The van der Waals surface area contributed by atoms with E-state index in [4.69, 9.17) is 18.9 Å². The van der Waals surface area contributed by atoms with E-state index in [0.29, 0.717) is 6.61 Å². The summed E-state index contributed by atoms with van der Waals surface area (Å²) in [5, 5.41) is 53.4. The molecule has 0 spiro atoms. The summed E-state index contributed by atoms with van der Waals surface area (Å²) < 4.78 is 22.7. The van der Waals surface area contributed by atoms with E-state index in [1.54, 1.807) is 0 Å². The maximum atomic E-state index is 11.7. The fraction of sp³-hybridized carbons (Fsp3) is 0.947. The van der Waals surface area contributed by atoms with Gasteiger partial charge in [-0.05, 0) is 13.0 Å². The summed E-state index contributed by atoms with van der Waals surface area (Å²) in [4.78, 5) is 11.7. The first-order valence-electron chi connectivity index (χ1n) is 10.5. The van der Waals surface area contributed by atoms with Crippen molar-refractivity contribution in [3.8, 4) is 0 Å². The van der Waals surface area contributed by atoms with Crippen molar-refractivity contribution in [3.05, 3.63) is 0 Å². The Kier molecular flexibility index (Phi) is 9.40. The van der Waals surface area contributed by atoms with Gasteiger partial charge in [-0.15, -0.1) is 0 Å². The lowest BCUT2D eigenvalue weighted by Crippen LogP contribution is -2.67. The van der Waals surface area contributed by atoms with E-state index in [2.05, 4.69) is 25.0 Å². The predicted octanol–water partition coefficient (Wildman–Crippen LogP) is -1.86. The summed E-state index contributed by atoms with van der Waals surface area (Å²) >= 11 is 0. The Balaban J connectivity index is 2.15. The van der Waals surface area contributed by atoms with Crippen LogP contribution in [0.25, 0.3) is 0 Å². The first-order chi connectivity index (χ1) is 14.4. The van der Waals surface area contributed by atoms with Gasteiger partial charge in [0.1, 0.15) is 42.7 Å². The van der Waals surface area contributed by atoms with E-state index in [0.717, 1.165) is 6.04 Å². The molecule has 11 nitrogen and oxygen atoms in total. The first-order valence-corrected chi connectivity index (χ1v) is 14.2. The minimum Gasteiger partial charge on any atom is -0.394 e. The van der Waals surface area contributed by atoms with E-state index in [-0.39, 0.29) is 0 Å². The van der Waals surface area contributed by atoms with Crippen LogP contribution in [0.2, 0.25) is 25.7 Å². The summed E-state index contributed by atoms with van der Waals surface area (Å²) in [6.45, 7) is 9.15. The highest BCUT2D eigenvalue weighted by molar-refractivity contribution is 6.76. The molecule has 2 heterocycles. The molecule has 0 radical (unpaired) electrons. The number of nitrogens with one attached hydrogen (secondary N) is 1. The maximum absolute atomic E-state index is 11.7. The topological polar surface area (TPSA) is 167 Å². The van der Waals surface area contributed by atoms with E-state index in [9.17, 15) is 30.3 Å². The third-order valence-electron chi connectivity index (χ3n) is 5.46. The van der Waals surface area contributed by atoms with Gasteiger partial charge in [-0.3, -0.25) is 4.79 Å². The van der Waals surface area contributed by atoms with Crippen molar-refractivity contribution in [1.82, 2.24) is 5.32 Å². The SMILES string of the molecule is CC(=O)N[C@H]1[C@H](OCC[Si](C)(C)C)O[C@H](CO)[C@@H](O[C@@H]2O[C@@H](C)[C@@H](O)[C@@H](O)[C@@H]2O)[C@@H]1O. The molecule has 2 rings (SSSR count). The van der Waals surface area contributed by atoms with Crippen LogP contribution in [0.4, 0.5) is 0 Å². The zero-order valence-electron chi connectivity index (χ0n) is 18.7. The van der Waals surface area contributed by atoms with Crippen LogP contribution in [0.3, 0.4) is 0 Å². The molecule has 31 heavy (non-hydrogen) atoms. The molecule has 0 saturated carbocycles. The monoisotopic (exact) mass is 467 g/mol. The molecule has 0 aliphatic carbocycles. The Morgan fingerprint density at radius 1 is 1.00 bits per heavy atom. The van der Waals surface area contributed by atoms with Gasteiger partial charge in [0.15, 0.2) is 12.6 Å². The number of amides is 1. The van der Waals surface area contributed by atoms with Gasteiger partial charge in [-0.25, -0.2) is 0 Å². The number of carbonyl (C=O) groups excluding carboxylic acids is 1. The number of aliphatic hydroxyl groups excluding tert-OH is 5. The van der Waals surface area contributed by atoms with E-state index in [1.165, 1.54) is 13.8 Å². The number of aliphatic hydroxyl groups is 5. The molecule has 0 unspecified atom stereocenters. The van der Waals surface area contributed by atoms with Gasteiger partial charge in [-0.2, -0.15) is 0 Å². The average molecular weight is 468 g/mol. The van der Waals surface area contributed by atoms with Crippen molar-refractivity contribution in [2.45, 2.75) is 101 Å². The third kappa shape index (κ3) is 6.90. The smallest absolute Gasteiger partial charge is 0.217 e. The van der Waals surface area contributed by atoms with Crippen molar-refractivity contribution >= 4 is 14.0 Å². The number of carbonyl (C=O) groups is 1. The lowest BCUT2D eigenvalue weighted by molar-refractivity contribution is -0.344. The zero-order valence-corrected chi connectivity index (χ0v) is 19.7. The van der Waals surface area contributed by atoms with Gasteiger partial charge in [0.2, 0.25) is 5.91 Å². The highest BCUT2D eigenvalue weighted by Crippen LogP contribution is 2.29. The van der Waals surface area contributed by atoms with E-state index in [1.807, 2.05) is 0 Å². The molecule has 2 aliphatic heterocycles. The maximum Gasteiger partial charge on any atom is 0.217 e. The van der Waals surface area contributed by atoms with Gasteiger partial charge < -0.3 is 49.8 Å². The number of ether oxygens (including phenoxy) is 4. The average Bonchev–Trinajstić information content (AvgIpc) is 2.67. The molecule has 2 saturated heterocycles. The Morgan fingerprint density at radius 2 is 1.65 bits per heavy atom. The summed E-state index contributed by atoms with van der Waals surface area (Å²) in [6, 6.07) is -0.166. The van der Waals surface area contributed by atoms with Crippen LogP contribution in [-0.4, -0.2) is 114 Å². The zero-order chi connectivity index (χ0) is 23.5. The van der Waals surface area contributed by atoms with Gasteiger partial charge in [0, 0.05) is 21.6 Å². The molecule has 12 heteroatoms. The summed E-state index contributed by atoms with van der Waals surface area (Å²) in [7, 11) is -1.40. The molecule has 0 bridgehead atoms. The van der Waals surface area contributed by atoms with E-state index < -0.39 is 81.9 Å². The molecule has 1 amide bonds. The third-order valence-corrected chi connectivity index (χ3v) is 7.16. The van der Waals surface area contributed by atoms with Crippen molar-refractivity contribution in [2.75, 3.05) is 13.2 Å². The minimum absolute atomic E-state index is 0.360. The number of hydrogen-bond donors (Lipinski definition) is 6. The van der Waals surface area contributed by atoms with Crippen LogP contribution in [0.5, 0.6) is 0 Å². The summed E-state index contributed by atoms with van der Waals surface area (Å²) in [5.74, 6) is -0.422.